The number of hydrogen-bond donors (Lipinski definition) is 7. The predicted octanol–water partition coefficient (Wildman–Crippen LogP) is 4.36. The van der Waals surface area contributed by atoms with Crippen LogP contribution in [0.4, 0.5) is 9.59 Å². The summed E-state index contributed by atoms with van der Waals surface area (Å²) >= 11 is 0. The fourth-order valence-electron chi connectivity index (χ4n) is 5.75. The second-order valence-electron chi connectivity index (χ2n) is 13.6. The molecule has 5 atom stereocenters. The molecule has 0 aliphatic carbocycles. The molecular weight excluding hydrogens is 662 g/mol. The van der Waals surface area contributed by atoms with Crippen LogP contribution in [-0.4, -0.2) is 114 Å². The lowest BCUT2D eigenvalue weighted by Crippen LogP contribution is -2.63. The molecule has 1 rings (SSSR count). The molecule has 3 amide bonds. The van der Waals surface area contributed by atoms with Crippen LogP contribution in [0.15, 0.2) is 12.7 Å². The molecule has 1 fully saturated rings. The predicted molar refractivity (Wildman–Crippen MR) is 194 cm³/mol. The smallest absolute Gasteiger partial charge is 0.407 e. The molecule has 0 aromatic rings. The lowest BCUT2D eigenvalue weighted by atomic mass is 9.99. The molecule has 0 unspecified atom stereocenters. The number of aliphatic hydroxyl groups is 4. The number of unbranched alkanes of at least 4 members (excludes halogenated alkanes) is 16. The van der Waals surface area contributed by atoms with Crippen LogP contribution in [0.1, 0.15) is 129 Å². The summed E-state index contributed by atoms with van der Waals surface area (Å²) in [5.74, 6) is -0.690. The Kier molecular flexibility index (Phi) is 26.5. The van der Waals surface area contributed by atoms with Gasteiger partial charge in [-0.25, -0.2) is 9.59 Å². The first kappa shape index (κ1) is 46.5. The van der Waals surface area contributed by atoms with E-state index in [1.165, 1.54) is 64.2 Å². The van der Waals surface area contributed by atoms with Crippen LogP contribution < -0.4 is 16.0 Å². The summed E-state index contributed by atoms with van der Waals surface area (Å²) in [7, 11) is 0. The van der Waals surface area contributed by atoms with Crippen molar-refractivity contribution in [1.82, 2.24) is 16.0 Å². The van der Waals surface area contributed by atoms with Crippen LogP contribution in [0.5, 0.6) is 0 Å². The minimum absolute atomic E-state index is 0.389. The second-order valence-corrected chi connectivity index (χ2v) is 13.6. The Morgan fingerprint density at radius 3 is 1.51 bits per heavy atom. The quantitative estimate of drug-likeness (QED) is 0.0408. The van der Waals surface area contributed by atoms with Crippen LogP contribution in [0.2, 0.25) is 0 Å². The highest BCUT2D eigenvalue weighted by Gasteiger charge is 2.46. The van der Waals surface area contributed by atoms with Crippen molar-refractivity contribution < 1.29 is 53.8 Å². The van der Waals surface area contributed by atoms with Gasteiger partial charge in [-0.3, -0.25) is 4.79 Å². The molecule has 0 aromatic heterocycles. The SMILES string of the molecule is C=CC(=O)NC(COC(=O)NCCCCCCCCCCC)(COC(=O)NCCCCCCCCCCC)CO[C@@H]1O[C@H](CO)[C@H](O)[C@H](O)[C@H]1O. The Bertz CT molecular complexity index is 899. The molecule has 1 aliphatic rings. The van der Waals surface area contributed by atoms with E-state index in [4.69, 9.17) is 18.9 Å². The molecule has 7 N–H and O–H groups in total. The number of rotatable bonds is 30. The average Bonchev–Trinajstić information content (AvgIpc) is 3.13. The third kappa shape index (κ3) is 21.0. The number of amides is 3. The maximum Gasteiger partial charge on any atom is 0.407 e. The molecule has 1 saturated heterocycles. The summed E-state index contributed by atoms with van der Waals surface area (Å²) in [6.45, 7) is 6.40. The summed E-state index contributed by atoms with van der Waals surface area (Å²) in [4.78, 5) is 37.9. The van der Waals surface area contributed by atoms with Crippen molar-refractivity contribution in [2.24, 2.45) is 0 Å². The average molecular weight is 732 g/mol. The van der Waals surface area contributed by atoms with Gasteiger partial charge in [0.2, 0.25) is 5.91 Å². The molecule has 0 radical (unpaired) electrons. The van der Waals surface area contributed by atoms with Crippen molar-refractivity contribution in [3.8, 4) is 0 Å². The fraction of sp³-hybridized carbons (Fsp3) is 0.865. The molecule has 0 saturated carbocycles. The molecule has 0 spiro atoms. The first-order chi connectivity index (χ1) is 24.6. The van der Waals surface area contributed by atoms with Gasteiger partial charge in [-0.15, -0.1) is 0 Å². The van der Waals surface area contributed by atoms with Gasteiger partial charge in [0.05, 0.1) is 13.2 Å². The lowest BCUT2D eigenvalue weighted by Gasteiger charge is -2.41. The normalized spacial score (nSPS) is 20.4. The topological polar surface area (TPSA) is 205 Å². The van der Waals surface area contributed by atoms with Crippen LogP contribution in [-0.2, 0) is 23.7 Å². The van der Waals surface area contributed by atoms with Crippen molar-refractivity contribution in [1.29, 1.82) is 0 Å². The summed E-state index contributed by atoms with van der Waals surface area (Å²) in [6.07, 6.45) is 12.0. The van der Waals surface area contributed by atoms with Crippen molar-refractivity contribution >= 4 is 18.1 Å². The van der Waals surface area contributed by atoms with Gasteiger partial charge in [0.25, 0.3) is 0 Å². The van der Waals surface area contributed by atoms with Crippen molar-refractivity contribution in [2.75, 3.05) is 39.5 Å². The number of ether oxygens (including phenoxy) is 4. The van der Waals surface area contributed by atoms with E-state index < -0.39 is 80.8 Å². The van der Waals surface area contributed by atoms with Gasteiger partial charge in [0, 0.05) is 13.1 Å². The number of nitrogens with one attached hydrogen (secondary N) is 3. The lowest BCUT2D eigenvalue weighted by molar-refractivity contribution is -0.305. The van der Waals surface area contributed by atoms with Crippen LogP contribution >= 0.6 is 0 Å². The largest absolute Gasteiger partial charge is 0.447 e. The van der Waals surface area contributed by atoms with E-state index in [9.17, 15) is 34.8 Å². The van der Waals surface area contributed by atoms with E-state index in [0.29, 0.717) is 13.1 Å². The Morgan fingerprint density at radius 1 is 0.667 bits per heavy atom. The maximum absolute atomic E-state index is 12.7. The molecule has 1 aliphatic heterocycles. The van der Waals surface area contributed by atoms with Gasteiger partial charge in [-0.1, -0.05) is 123 Å². The number of alkyl carbamates (subject to hydrolysis) is 2. The Balaban J connectivity index is 2.78. The van der Waals surface area contributed by atoms with Crippen molar-refractivity contribution in [3.05, 3.63) is 12.7 Å². The van der Waals surface area contributed by atoms with Gasteiger partial charge in [0.1, 0.15) is 43.2 Å². The monoisotopic (exact) mass is 731 g/mol. The van der Waals surface area contributed by atoms with Crippen molar-refractivity contribution in [3.63, 3.8) is 0 Å². The highest BCUT2D eigenvalue weighted by Crippen LogP contribution is 2.23. The molecule has 0 bridgehead atoms. The summed E-state index contributed by atoms with van der Waals surface area (Å²) in [5, 5.41) is 48.4. The summed E-state index contributed by atoms with van der Waals surface area (Å²) in [6, 6.07) is 0. The summed E-state index contributed by atoms with van der Waals surface area (Å²) < 4.78 is 22.1. The molecular formula is C37H69N3O11. The van der Waals surface area contributed by atoms with Gasteiger partial charge in [-0.2, -0.15) is 0 Å². The first-order valence-electron chi connectivity index (χ1n) is 19.3. The Hall–Kier alpha value is -2.49. The highest BCUT2D eigenvalue weighted by molar-refractivity contribution is 5.87. The zero-order valence-electron chi connectivity index (χ0n) is 31.3. The minimum Gasteiger partial charge on any atom is -0.447 e. The third-order valence-corrected chi connectivity index (χ3v) is 9.00. The van der Waals surface area contributed by atoms with Gasteiger partial charge in [0.15, 0.2) is 6.29 Å². The summed E-state index contributed by atoms with van der Waals surface area (Å²) in [5.41, 5.74) is -1.69. The molecule has 298 valence electrons. The number of hydrogen-bond acceptors (Lipinski definition) is 11. The van der Waals surface area contributed by atoms with E-state index in [-0.39, 0.29) is 0 Å². The minimum atomic E-state index is -1.73. The zero-order valence-corrected chi connectivity index (χ0v) is 31.3. The first-order valence-corrected chi connectivity index (χ1v) is 19.3. The van der Waals surface area contributed by atoms with Crippen LogP contribution in [0.3, 0.4) is 0 Å². The van der Waals surface area contributed by atoms with E-state index in [1.807, 2.05) is 0 Å². The van der Waals surface area contributed by atoms with Gasteiger partial charge >= 0.3 is 12.2 Å². The Labute approximate surface area is 305 Å². The maximum atomic E-state index is 12.7. The highest BCUT2D eigenvalue weighted by atomic mass is 16.7. The molecule has 1 heterocycles. The number of carbonyl (C=O) groups excluding carboxylic acids is 3. The zero-order chi connectivity index (χ0) is 37.7. The van der Waals surface area contributed by atoms with E-state index in [0.717, 1.165) is 57.4 Å². The Morgan fingerprint density at radius 2 is 1.10 bits per heavy atom. The van der Waals surface area contributed by atoms with Crippen molar-refractivity contribution in [2.45, 2.75) is 166 Å². The van der Waals surface area contributed by atoms with E-state index >= 15 is 0 Å². The molecule has 0 aromatic carbocycles. The standard InChI is InChI=1S/C37H69N3O11/c1-4-7-9-11-13-15-17-19-21-23-38-35(46)49-27-37(40-30(42)6-3,26-48-34-33(45)32(44)31(43)29(25-41)51-34)28-50-36(47)39-24-22-20-18-16-14-12-10-8-5-2/h6,29,31-34,41,43-45H,3-5,7-28H2,1-2H3,(H,38,46)(H,39,47)(H,40,42)/t29-,31+,32+,33-,34-/m1/s1. The molecule has 14 nitrogen and oxygen atoms in total. The van der Waals surface area contributed by atoms with Gasteiger partial charge in [-0.05, 0) is 18.9 Å². The number of carbonyl (C=O) groups is 3. The van der Waals surface area contributed by atoms with Crippen LogP contribution in [0, 0.1) is 0 Å². The molecule has 51 heavy (non-hydrogen) atoms. The van der Waals surface area contributed by atoms with Crippen LogP contribution in [0.25, 0.3) is 0 Å². The van der Waals surface area contributed by atoms with E-state index in [1.54, 1.807) is 0 Å². The number of aliphatic hydroxyl groups excluding tert-OH is 4. The van der Waals surface area contributed by atoms with Gasteiger partial charge < -0.3 is 55.3 Å². The van der Waals surface area contributed by atoms with E-state index in [2.05, 4.69) is 36.4 Å². The molecule has 14 heteroatoms. The second kappa shape index (κ2) is 29.0. The third-order valence-electron chi connectivity index (χ3n) is 9.00. The fourth-order valence-corrected chi connectivity index (χ4v) is 5.75.